The highest BCUT2D eigenvalue weighted by Crippen LogP contribution is 2.19. The van der Waals surface area contributed by atoms with E-state index in [9.17, 15) is 14.0 Å². The first-order chi connectivity index (χ1) is 16.7. The van der Waals surface area contributed by atoms with E-state index in [1.54, 1.807) is 18.2 Å². The first-order valence-corrected chi connectivity index (χ1v) is 11.8. The SMILES string of the molecule is Cc1cc(C)cc(OCC(=O)N(Cc2ccccc2F)C(Cc2ccccc2)C(=O)NC(C)C)c1. The van der Waals surface area contributed by atoms with E-state index in [-0.39, 0.29) is 25.1 Å². The number of halogens is 1. The molecule has 2 amide bonds. The van der Waals surface area contributed by atoms with Gasteiger partial charge in [0.1, 0.15) is 17.6 Å². The van der Waals surface area contributed by atoms with Gasteiger partial charge in [-0.05, 0) is 62.6 Å². The zero-order valence-electron chi connectivity index (χ0n) is 20.8. The number of hydrogen-bond donors (Lipinski definition) is 1. The van der Waals surface area contributed by atoms with Crippen molar-refractivity contribution in [2.45, 2.75) is 52.7 Å². The summed E-state index contributed by atoms with van der Waals surface area (Å²) in [5.41, 5.74) is 3.28. The van der Waals surface area contributed by atoms with Gasteiger partial charge in [0.25, 0.3) is 5.91 Å². The maximum atomic E-state index is 14.6. The van der Waals surface area contributed by atoms with Gasteiger partial charge < -0.3 is 15.0 Å². The Labute approximate surface area is 206 Å². The van der Waals surface area contributed by atoms with Crippen LogP contribution in [0.4, 0.5) is 4.39 Å². The molecule has 1 unspecified atom stereocenters. The van der Waals surface area contributed by atoms with E-state index in [4.69, 9.17) is 4.74 Å². The molecule has 0 bridgehead atoms. The van der Waals surface area contributed by atoms with Gasteiger partial charge in [0.05, 0.1) is 0 Å². The molecule has 3 aromatic rings. The fraction of sp³-hybridized carbons (Fsp3) is 0.310. The Hall–Kier alpha value is -3.67. The van der Waals surface area contributed by atoms with Crippen LogP contribution >= 0.6 is 0 Å². The predicted octanol–water partition coefficient (Wildman–Crippen LogP) is 4.99. The van der Waals surface area contributed by atoms with E-state index >= 15 is 0 Å². The topological polar surface area (TPSA) is 58.6 Å². The lowest BCUT2D eigenvalue weighted by molar-refractivity contribution is -0.143. The highest BCUT2D eigenvalue weighted by atomic mass is 19.1. The van der Waals surface area contributed by atoms with Crippen molar-refractivity contribution in [3.8, 4) is 5.75 Å². The standard InChI is InChI=1S/C29H33FN2O3/c1-20(2)31-29(34)27(17-23-10-6-5-7-11-23)32(18-24-12-8-9-13-26(24)30)28(33)19-35-25-15-21(3)14-22(4)16-25/h5-16,20,27H,17-19H2,1-4H3,(H,31,34). The third kappa shape index (κ3) is 7.67. The molecule has 0 fully saturated rings. The number of nitrogens with one attached hydrogen (secondary N) is 1. The molecule has 0 aliphatic heterocycles. The molecule has 0 aliphatic carbocycles. The summed E-state index contributed by atoms with van der Waals surface area (Å²) in [6.45, 7) is 7.33. The number of carbonyl (C=O) groups is 2. The molecule has 35 heavy (non-hydrogen) atoms. The summed E-state index contributed by atoms with van der Waals surface area (Å²) < 4.78 is 20.4. The van der Waals surface area contributed by atoms with Gasteiger partial charge in [0, 0.05) is 24.6 Å². The normalized spacial score (nSPS) is 11.7. The molecule has 184 valence electrons. The molecule has 6 heteroatoms. The summed E-state index contributed by atoms with van der Waals surface area (Å²) in [4.78, 5) is 28.2. The summed E-state index contributed by atoms with van der Waals surface area (Å²) >= 11 is 0. The smallest absolute Gasteiger partial charge is 0.261 e. The predicted molar refractivity (Wildman–Crippen MR) is 136 cm³/mol. The van der Waals surface area contributed by atoms with Crippen molar-refractivity contribution in [1.82, 2.24) is 10.2 Å². The van der Waals surface area contributed by atoms with E-state index in [1.165, 1.54) is 11.0 Å². The summed E-state index contributed by atoms with van der Waals surface area (Å²) in [7, 11) is 0. The Morgan fingerprint density at radius 2 is 1.57 bits per heavy atom. The quantitative estimate of drug-likeness (QED) is 0.449. The number of benzene rings is 3. The molecular weight excluding hydrogens is 443 g/mol. The second-order valence-electron chi connectivity index (χ2n) is 9.09. The van der Waals surface area contributed by atoms with Gasteiger partial charge in [-0.2, -0.15) is 0 Å². The van der Waals surface area contributed by atoms with Gasteiger partial charge in [-0.15, -0.1) is 0 Å². The van der Waals surface area contributed by atoms with Crippen LogP contribution in [-0.2, 0) is 22.6 Å². The maximum absolute atomic E-state index is 14.6. The Morgan fingerprint density at radius 3 is 2.20 bits per heavy atom. The molecule has 0 saturated heterocycles. The highest BCUT2D eigenvalue weighted by molar-refractivity contribution is 5.88. The number of hydrogen-bond acceptors (Lipinski definition) is 3. The van der Waals surface area contributed by atoms with Crippen molar-refractivity contribution in [2.24, 2.45) is 0 Å². The largest absolute Gasteiger partial charge is 0.484 e. The van der Waals surface area contributed by atoms with Crippen LogP contribution in [-0.4, -0.2) is 35.4 Å². The van der Waals surface area contributed by atoms with Crippen LogP contribution in [0, 0.1) is 19.7 Å². The number of carbonyl (C=O) groups excluding carboxylic acids is 2. The minimum atomic E-state index is -0.838. The highest BCUT2D eigenvalue weighted by Gasteiger charge is 2.31. The average molecular weight is 477 g/mol. The molecule has 5 nitrogen and oxygen atoms in total. The van der Waals surface area contributed by atoms with Crippen molar-refractivity contribution in [2.75, 3.05) is 6.61 Å². The fourth-order valence-corrected chi connectivity index (χ4v) is 3.99. The molecule has 0 heterocycles. The van der Waals surface area contributed by atoms with Crippen LogP contribution in [0.3, 0.4) is 0 Å². The first kappa shape index (κ1) is 25.9. The fourth-order valence-electron chi connectivity index (χ4n) is 3.99. The summed E-state index contributed by atoms with van der Waals surface area (Å²) in [5, 5.41) is 2.92. The molecule has 0 spiro atoms. The molecule has 0 radical (unpaired) electrons. The van der Waals surface area contributed by atoms with Crippen molar-refractivity contribution in [3.05, 3.63) is 101 Å². The maximum Gasteiger partial charge on any atom is 0.261 e. The lowest BCUT2D eigenvalue weighted by atomic mass is 10.0. The number of nitrogens with zero attached hydrogens (tertiary/aromatic N) is 1. The molecule has 1 N–H and O–H groups in total. The molecule has 0 aliphatic rings. The second-order valence-corrected chi connectivity index (χ2v) is 9.09. The number of ether oxygens (including phenoxy) is 1. The summed E-state index contributed by atoms with van der Waals surface area (Å²) in [5.74, 6) is -0.539. The number of aryl methyl sites for hydroxylation is 2. The van der Waals surface area contributed by atoms with Crippen LogP contribution in [0.1, 0.15) is 36.1 Å². The van der Waals surface area contributed by atoms with E-state index in [2.05, 4.69) is 5.32 Å². The van der Waals surface area contributed by atoms with E-state index in [0.717, 1.165) is 16.7 Å². The van der Waals surface area contributed by atoms with Crippen molar-refractivity contribution < 1.29 is 18.7 Å². The van der Waals surface area contributed by atoms with Crippen molar-refractivity contribution in [1.29, 1.82) is 0 Å². The third-order valence-electron chi connectivity index (χ3n) is 5.56. The minimum absolute atomic E-state index is 0.0509. The first-order valence-electron chi connectivity index (χ1n) is 11.8. The van der Waals surface area contributed by atoms with Crippen LogP contribution < -0.4 is 10.1 Å². The van der Waals surface area contributed by atoms with Gasteiger partial charge in [0.2, 0.25) is 5.91 Å². The molecule has 3 rings (SSSR count). The monoisotopic (exact) mass is 476 g/mol. The zero-order valence-corrected chi connectivity index (χ0v) is 20.8. The molecule has 1 atom stereocenters. The van der Waals surface area contributed by atoms with Gasteiger partial charge in [-0.25, -0.2) is 4.39 Å². The Kier molecular flexibility index (Phi) is 9.01. The van der Waals surface area contributed by atoms with Crippen LogP contribution in [0.25, 0.3) is 0 Å². The van der Waals surface area contributed by atoms with E-state index in [1.807, 2.05) is 76.2 Å². The molecular formula is C29H33FN2O3. The minimum Gasteiger partial charge on any atom is -0.484 e. The summed E-state index contributed by atoms with van der Waals surface area (Å²) in [6.07, 6.45) is 0.295. The number of rotatable bonds is 10. The van der Waals surface area contributed by atoms with Gasteiger partial charge >= 0.3 is 0 Å². The second kappa shape index (κ2) is 12.2. The van der Waals surface area contributed by atoms with Gasteiger partial charge in [-0.1, -0.05) is 54.6 Å². The lowest BCUT2D eigenvalue weighted by Gasteiger charge is -2.32. The average Bonchev–Trinajstić information content (AvgIpc) is 2.80. The zero-order chi connectivity index (χ0) is 25.4. The number of amides is 2. The Bertz CT molecular complexity index is 1130. The van der Waals surface area contributed by atoms with Gasteiger partial charge in [-0.3, -0.25) is 9.59 Å². The van der Waals surface area contributed by atoms with Crippen LogP contribution in [0.2, 0.25) is 0 Å². The molecule has 0 saturated carbocycles. The van der Waals surface area contributed by atoms with E-state index in [0.29, 0.717) is 17.7 Å². The molecule has 0 aromatic heterocycles. The third-order valence-corrected chi connectivity index (χ3v) is 5.56. The molecule has 3 aromatic carbocycles. The summed E-state index contributed by atoms with van der Waals surface area (Å²) in [6, 6.07) is 20.6. The van der Waals surface area contributed by atoms with Crippen molar-refractivity contribution >= 4 is 11.8 Å². The van der Waals surface area contributed by atoms with Crippen molar-refractivity contribution in [3.63, 3.8) is 0 Å². The Morgan fingerprint density at radius 1 is 0.943 bits per heavy atom. The van der Waals surface area contributed by atoms with Gasteiger partial charge in [0.15, 0.2) is 6.61 Å². The lowest BCUT2D eigenvalue weighted by Crippen LogP contribution is -2.53. The van der Waals surface area contributed by atoms with E-state index < -0.39 is 17.8 Å². The van der Waals surface area contributed by atoms with Crippen LogP contribution in [0.15, 0.2) is 72.8 Å². The van der Waals surface area contributed by atoms with Crippen LogP contribution in [0.5, 0.6) is 5.75 Å². The Balaban J connectivity index is 1.93.